The minimum Gasteiger partial charge on any atom is -0.481 e. The Bertz CT molecular complexity index is 1030. The van der Waals surface area contributed by atoms with Crippen LogP contribution in [-0.4, -0.2) is 32.6 Å². The lowest BCUT2D eigenvalue weighted by atomic mass is 10.1. The molecule has 0 fully saturated rings. The zero-order chi connectivity index (χ0) is 18.4. The lowest BCUT2D eigenvalue weighted by Crippen LogP contribution is -2.18. The summed E-state index contributed by atoms with van der Waals surface area (Å²) < 4.78 is 0. The predicted molar refractivity (Wildman–Crippen MR) is 104 cm³/mol. The summed E-state index contributed by atoms with van der Waals surface area (Å²) in [4.78, 5) is 28.2. The van der Waals surface area contributed by atoms with Crippen LogP contribution in [0.1, 0.15) is 28.8 Å². The van der Waals surface area contributed by atoms with Crippen molar-refractivity contribution in [3.05, 3.63) is 52.3 Å². The van der Waals surface area contributed by atoms with Crippen molar-refractivity contribution in [1.82, 2.24) is 15.0 Å². The molecule has 0 bridgehead atoms. The molecule has 136 valence electrons. The highest BCUT2D eigenvalue weighted by Crippen LogP contribution is 2.39. The Kier molecular flexibility index (Phi) is 3.89. The van der Waals surface area contributed by atoms with Gasteiger partial charge in [0.25, 0.3) is 0 Å². The molecule has 3 aromatic rings. The summed E-state index contributed by atoms with van der Waals surface area (Å²) >= 11 is 1.56. The van der Waals surface area contributed by atoms with Crippen molar-refractivity contribution >= 4 is 28.8 Å². The van der Waals surface area contributed by atoms with E-state index < -0.39 is 5.97 Å². The smallest absolute Gasteiger partial charge is 0.307 e. The maximum atomic E-state index is 11.0. The van der Waals surface area contributed by atoms with Crippen LogP contribution in [-0.2, 0) is 30.5 Å². The zero-order valence-electron chi connectivity index (χ0n) is 14.7. The first-order chi connectivity index (χ1) is 13.2. The fraction of sp³-hybridized carbons (Fsp3) is 0.300. The van der Waals surface area contributed by atoms with Gasteiger partial charge in [-0.05, 0) is 42.9 Å². The third-order valence-corrected chi connectivity index (χ3v) is 5.98. The second kappa shape index (κ2) is 6.42. The van der Waals surface area contributed by atoms with Crippen LogP contribution in [0, 0.1) is 0 Å². The fourth-order valence-corrected chi connectivity index (χ4v) is 4.59. The van der Waals surface area contributed by atoms with Gasteiger partial charge in [-0.1, -0.05) is 12.1 Å². The molecule has 1 aromatic carbocycles. The first kappa shape index (κ1) is 16.4. The largest absolute Gasteiger partial charge is 0.481 e. The molecule has 2 aliphatic rings. The molecule has 0 amide bonds. The second-order valence-corrected chi connectivity index (χ2v) is 7.84. The predicted octanol–water partition coefficient (Wildman–Crippen LogP) is 3.41. The average Bonchev–Trinajstić information content (AvgIpc) is 3.39. The number of carboxylic acids is 1. The molecule has 0 saturated heterocycles. The number of aliphatic carboxylic acids is 1. The monoisotopic (exact) mass is 378 g/mol. The summed E-state index contributed by atoms with van der Waals surface area (Å²) in [5, 5.41) is 9.04. The van der Waals surface area contributed by atoms with Gasteiger partial charge in [0.2, 0.25) is 0 Å². The van der Waals surface area contributed by atoms with Crippen LogP contribution in [0.4, 0.5) is 11.5 Å². The molecule has 6 nitrogen and oxygen atoms in total. The molecular formula is C20H18N4O2S. The van der Waals surface area contributed by atoms with Crippen molar-refractivity contribution in [3.63, 3.8) is 0 Å². The van der Waals surface area contributed by atoms with Gasteiger partial charge in [0.05, 0.1) is 16.8 Å². The van der Waals surface area contributed by atoms with Crippen molar-refractivity contribution in [2.24, 2.45) is 0 Å². The van der Waals surface area contributed by atoms with Crippen LogP contribution in [0.3, 0.4) is 0 Å². The highest BCUT2D eigenvalue weighted by atomic mass is 32.1. The van der Waals surface area contributed by atoms with Gasteiger partial charge in [-0.25, -0.2) is 9.97 Å². The molecule has 0 spiro atoms. The summed E-state index contributed by atoms with van der Waals surface area (Å²) in [6, 6.07) is 5.97. The number of fused-ring (bicyclic) bond motifs is 2. The minimum atomic E-state index is -0.798. The molecule has 0 unspecified atom stereocenters. The van der Waals surface area contributed by atoms with Gasteiger partial charge >= 0.3 is 5.97 Å². The van der Waals surface area contributed by atoms with E-state index in [1.807, 2.05) is 24.4 Å². The number of aromatic nitrogens is 3. The number of thiazole rings is 1. The van der Waals surface area contributed by atoms with E-state index >= 15 is 0 Å². The van der Waals surface area contributed by atoms with Crippen molar-refractivity contribution in [2.75, 3.05) is 11.4 Å². The Labute approximate surface area is 160 Å². The van der Waals surface area contributed by atoms with Crippen molar-refractivity contribution < 1.29 is 9.90 Å². The molecule has 5 rings (SSSR count). The summed E-state index contributed by atoms with van der Waals surface area (Å²) in [6.07, 6.45) is 5.90. The Morgan fingerprint density at radius 1 is 1.22 bits per heavy atom. The van der Waals surface area contributed by atoms with E-state index in [0.717, 1.165) is 65.7 Å². The Morgan fingerprint density at radius 3 is 2.96 bits per heavy atom. The van der Waals surface area contributed by atoms with Gasteiger partial charge < -0.3 is 10.0 Å². The Hall–Kier alpha value is -2.80. The number of hydrogen-bond acceptors (Lipinski definition) is 6. The number of carboxylic acid groups (broad SMARTS) is 1. The first-order valence-electron chi connectivity index (χ1n) is 9.09. The lowest BCUT2D eigenvalue weighted by Gasteiger charge is -2.22. The van der Waals surface area contributed by atoms with E-state index in [1.165, 1.54) is 11.1 Å². The summed E-state index contributed by atoms with van der Waals surface area (Å²) in [5.41, 5.74) is 7.39. The van der Waals surface area contributed by atoms with Crippen LogP contribution < -0.4 is 4.90 Å². The fourth-order valence-electron chi connectivity index (χ4n) is 4.03. The van der Waals surface area contributed by atoms with E-state index in [4.69, 9.17) is 15.1 Å². The molecule has 1 aliphatic carbocycles. The van der Waals surface area contributed by atoms with Crippen LogP contribution in [0.5, 0.6) is 0 Å². The highest BCUT2D eigenvalue weighted by Gasteiger charge is 2.28. The van der Waals surface area contributed by atoms with E-state index in [2.05, 4.69) is 9.88 Å². The number of benzene rings is 1. The van der Waals surface area contributed by atoms with E-state index in [1.54, 1.807) is 16.8 Å². The molecular weight excluding hydrogens is 360 g/mol. The third kappa shape index (κ3) is 2.88. The third-order valence-electron chi connectivity index (χ3n) is 5.21. The van der Waals surface area contributed by atoms with Gasteiger partial charge in [-0.2, -0.15) is 0 Å². The quantitative estimate of drug-likeness (QED) is 0.749. The van der Waals surface area contributed by atoms with Gasteiger partial charge in [-0.15, -0.1) is 11.3 Å². The summed E-state index contributed by atoms with van der Waals surface area (Å²) in [7, 11) is 0. The first-order valence-corrected chi connectivity index (χ1v) is 9.97. The van der Waals surface area contributed by atoms with Crippen LogP contribution in [0.2, 0.25) is 0 Å². The number of carbonyl (C=O) groups is 1. The molecule has 0 atom stereocenters. The number of aryl methyl sites for hydroxylation is 1. The normalized spacial score (nSPS) is 15.0. The maximum Gasteiger partial charge on any atom is 0.307 e. The number of nitrogens with zero attached hydrogens (tertiary/aromatic N) is 4. The Morgan fingerprint density at radius 2 is 2.15 bits per heavy atom. The van der Waals surface area contributed by atoms with Gasteiger partial charge in [-0.3, -0.25) is 9.78 Å². The molecule has 27 heavy (non-hydrogen) atoms. The minimum absolute atomic E-state index is 0.0612. The lowest BCUT2D eigenvalue weighted by molar-refractivity contribution is -0.136. The van der Waals surface area contributed by atoms with Crippen molar-refractivity contribution in [3.8, 4) is 10.7 Å². The number of rotatable bonds is 4. The molecule has 1 aliphatic heterocycles. The van der Waals surface area contributed by atoms with E-state index in [9.17, 15) is 4.79 Å². The highest BCUT2D eigenvalue weighted by molar-refractivity contribution is 7.13. The molecule has 0 radical (unpaired) electrons. The second-order valence-electron chi connectivity index (χ2n) is 6.95. The van der Waals surface area contributed by atoms with Crippen LogP contribution >= 0.6 is 11.3 Å². The molecule has 0 saturated carbocycles. The molecule has 7 heteroatoms. The topological polar surface area (TPSA) is 79.2 Å². The van der Waals surface area contributed by atoms with Gasteiger partial charge in [0.15, 0.2) is 5.82 Å². The van der Waals surface area contributed by atoms with Crippen LogP contribution in [0.25, 0.3) is 10.7 Å². The number of hydrogen-bond donors (Lipinski definition) is 1. The average molecular weight is 378 g/mol. The number of anilines is 2. The summed E-state index contributed by atoms with van der Waals surface area (Å²) in [5.74, 6) is 0.961. The van der Waals surface area contributed by atoms with Crippen molar-refractivity contribution in [1.29, 1.82) is 0 Å². The summed E-state index contributed by atoms with van der Waals surface area (Å²) in [6.45, 7) is 0.859. The van der Waals surface area contributed by atoms with E-state index in [-0.39, 0.29) is 6.42 Å². The van der Waals surface area contributed by atoms with Gasteiger partial charge in [0, 0.05) is 29.7 Å². The zero-order valence-corrected chi connectivity index (χ0v) is 15.5. The maximum absolute atomic E-state index is 11.0. The van der Waals surface area contributed by atoms with Crippen molar-refractivity contribution in [2.45, 2.75) is 32.1 Å². The van der Waals surface area contributed by atoms with E-state index in [0.29, 0.717) is 0 Å². The van der Waals surface area contributed by atoms with Crippen LogP contribution in [0.15, 0.2) is 29.9 Å². The Balaban J connectivity index is 1.58. The molecule has 2 aromatic heterocycles. The molecule has 3 heterocycles. The molecule has 1 N–H and O–H groups in total. The van der Waals surface area contributed by atoms with Gasteiger partial charge in [0.1, 0.15) is 5.82 Å². The standard InChI is InChI=1S/C20H18N4O2S/c25-18(26)9-12-4-5-16-13(8-12)6-7-24(16)20-14-2-1-3-15(14)22-19(23-20)17-10-21-11-27-17/h4-5,8,10-11H,1-3,6-7,9H2,(H,25,26). The SMILES string of the molecule is O=C(O)Cc1ccc2c(c1)CCN2c1nc(-c2cncs2)nc2c1CCC2.